The third-order valence-corrected chi connectivity index (χ3v) is 3.70. The minimum Gasteiger partial charge on any atom is -0.326 e. The molecular formula is C14H22N2. The van der Waals surface area contributed by atoms with Gasteiger partial charge < -0.3 is 5.73 Å². The van der Waals surface area contributed by atoms with Crippen molar-refractivity contribution < 1.29 is 0 Å². The van der Waals surface area contributed by atoms with Crippen molar-refractivity contribution in [3.05, 3.63) is 35.4 Å². The van der Waals surface area contributed by atoms with Gasteiger partial charge in [0.1, 0.15) is 0 Å². The molecule has 2 rings (SSSR count). The van der Waals surface area contributed by atoms with Crippen molar-refractivity contribution in [2.24, 2.45) is 5.73 Å². The van der Waals surface area contributed by atoms with E-state index in [2.05, 4.69) is 49.9 Å². The van der Waals surface area contributed by atoms with Crippen molar-refractivity contribution in [3.63, 3.8) is 0 Å². The Kier molecular flexibility index (Phi) is 3.04. The van der Waals surface area contributed by atoms with Crippen LogP contribution >= 0.6 is 0 Å². The number of nitrogens with two attached hydrogens (primary N) is 1. The van der Waals surface area contributed by atoms with Crippen LogP contribution in [-0.2, 0) is 6.54 Å². The fraction of sp³-hybridized carbons (Fsp3) is 0.571. The molecule has 1 unspecified atom stereocenters. The molecule has 1 atom stereocenters. The van der Waals surface area contributed by atoms with Crippen molar-refractivity contribution in [2.75, 3.05) is 6.54 Å². The number of likely N-dealkylation sites (tertiary alicyclic amines) is 1. The zero-order valence-electron chi connectivity index (χ0n) is 10.5. The third-order valence-electron chi connectivity index (χ3n) is 3.70. The van der Waals surface area contributed by atoms with Crippen LogP contribution in [0.2, 0.25) is 0 Å². The van der Waals surface area contributed by atoms with E-state index in [0.717, 1.165) is 19.5 Å². The normalized spacial score (nSPS) is 24.9. The Labute approximate surface area is 98.4 Å². The van der Waals surface area contributed by atoms with Gasteiger partial charge in [0.15, 0.2) is 0 Å². The number of aryl methyl sites for hydroxylation is 1. The molecule has 88 valence electrons. The summed E-state index contributed by atoms with van der Waals surface area (Å²) < 4.78 is 0. The van der Waals surface area contributed by atoms with E-state index >= 15 is 0 Å². The van der Waals surface area contributed by atoms with Crippen molar-refractivity contribution in [3.8, 4) is 0 Å². The van der Waals surface area contributed by atoms with Crippen LogP contribution in [0.4, 0.5) is 0 Å². The maximum atomic E-state index is 6.05. The molecule has 1 fully saturated rings. The second-order valence-corrected chi connectivity index (χ2v) is 5.58. The highest BCUT2D eigenvalue weighted by molar-refractivity contribution is 5.25. The standard InChI is InChI=1S/C14H22N2/c1-11-6-4-5-7-12(11)9-16-10-13(15)8-14(16,2)3/h4-7,13H,8-10,15H2,1-3H3. The summed E-state index contributed by atoms with van der Waals surface area (Å²) in [5.74, 6) is 0. The predicted molar refractivity (Wildman–Crippen MR) is 68.3 cm³/mol. The van der Waals surface area contributed by atoms with E-state index in [-0.39, 0.29) is 5.54 Å². The Balaban J connectivity index is 2.14. The average molecular weight is 218 g/mol. The lowest BCUT2D eigenvalue weighted by molar-refractivity contribution is 0.166. The summed E-state index contributed by atoms with van der Waals surface area (Å²) in [6, 6.07) is 8.94. The van der Waals surface area contributed by atoms with E-state index in [1.807, 2.05) is 0 Å². The summed E-state index contributed by atoms with van der Waals surface area (Å²) in [5, 5.41) is 0. The van der Waals surface area contributed by atoms with Crippen LogP contribution in [0.1, 0.15) is 31.4 Å². The van der Waals surface area contributed by atoms with Gasteiger partial charge in [-0.15, -0.1) is 0 Å². The Morgan fingerprint density at radius 2 is 2.06 bits per heavy atom. The molecule has 0 aliphatic carbocycles. The van der Waals surface area contributed by atoms with Crippen LogP contribution in [-0.4, -0.2) is 23.0 Å². The van der Waals surface area contributed by atoms with Crippen LogP contribution in [0, 0.1) is 6.92 Å². The Hall–Kier alpha value is -0.860. The summed E-state index contributed by atoms with van der Waals surface area (Å²) >= 11 is 0. The molecule has 1 saturated heterocycles. The Morgan fingerprint density at radius 1 is 1.38 bits per heavy atom. The zero-order chi connectivity index (χ0) is 11.8. The largest absolute Gasteiger partial charge is 0.326 e. The van der Waals surface area contributed by atoms with Gasteiger partial charge >= 0.3 is 0 Å². The molecule has 1 aromatic carbocycles. The molecule has 2 N–H and O–H groups in total. The van der Waals surface area contributed by atoms with Crippen molar-refractivity contribution in [2.45, 2.75) is 45.3 Å². The number of hydrogen-bond donors (Lipinski definition) is 1. The van der Waals surface area contributed by atoms with Gasteiger partial charge in [-0.3, -0.25) is 4.90 Å². The minimum absolute atomic E-state index is 0.238. The quantitative estimate of drug-likeness (QED) is 0.825. The second-order valence-electron chi connectivity index (χ2n) is 5.58. The van der Waals surface area contributed by atoms with Crippen molar-refractivity contribution >= 4 is 0 Å². The van der Waals surface area contributed by atoms with Gasteiger partial charge in [0, 0.05) is 24.7 Å². The highest BCUT2D eigenvalue weighted by atomic mass is 15.2. The summed E-state index contributed by atoms with van der Waals surface area (Å²) in [6.45, 7) is 8.79. The van der Waals surface area contributed by atoms with Gasteiger partial charge in [0.2, 0.25) is 0 Å². The lowest BCUT2D eigenvalue weighted by atomic mass is 9.99. The fourth-order valence-electron chi connectivity index (χ4n) is 2.64. The van der Waals surface area contributed by atoms with E-state index in [0.29, 0.717) is 6.04 Å². The van der Waals surface area contributed by atoms with E-state index < -0.39 is 0 Å². The molecule has 16 heavy (non-hydrogen) atoms. The molecular weight excluding hydrogens is 196 g/mol. The molecule has 1 heterocycles. The maximum absolute atomic E-state index is 6.05. The fourth-order valence-corrected chi connectivity index (χ4v) is 2.64. The van der Waals surface area contributed by atoms with Gasteiger partial charge in [-0.05, 0) is 38.3 Å². The van der Waals surface area contributed by atoms with Gasteiger partial charge in [-0.1, -0.05) is 24.3 Å². The molecule has 2 nitrogen and oxygen atoms in total. The monoisotopic (exact) mass is 218 g/mol. The van der Waals surface area contributed by atoms with E-state index in [1.165, 1.54) is 11.1 Å². The maximum Gasteiger partial charge on any atom is 0.0242 e. The van der Waals surface area contributed by atoms with Gasteiger partial charge in [-0.2, -0.15) is 0 Å². The number of rotatable bonds is 2. The predicted octanol–water partition coefficient (Wildman–Crippen LogP) is 2.31. The highest BCUT2D eigenvalue weighted by Gasteiger charge is 2.36. The first-order valence-electron chi connectivity index (χ1n) is 6.04. The molecule has 1 aromatic rings. The molecule has 2 heteroatoms. The topological polar surface area (TPSA) is 29.3 Å². The Bertz CT molecular complexity index is 371. The first kappa shape index (κ1) is 11.6. The van der Waals surface area contributed by atoms with E-state index in [9.17, 15) is 0 Å². The molecule has 0 amide bonds. The molecule has 1 aliphatic rings. The molecule has 0 saturated carbocycles. The summed E-state index contributed by atoms with van der Waals surface area (Å²) in [5.41, 5.74) is 9.08. The molecule has 0 spiro atoms. The van der Waals surface area contributed by atoms with Crippen molar-refractivity contribution in [1.29, 1.82) is 0 Å². The van der Waals surface area contributed by atoms with Crippen LogP contribution in [0.5, 0.6) is 0 Å². The number of hydrogen-bond acceptors (Lipinski definition) is 2. The highest BCUT2D eigenvalue weighted by Crippen LogP contribution is 2.29. The van der Waals surface area contributed by atoms with E-state index in [1.54, 1.807) is 0 Å². The van der Waals surface area contributed by atoms with Crippen molar-refractivity contribution in [1.82, 2.24) is 4.90 Å². The first-order valence-corrected chi connectivity index (χ1v) is 6.04. The van der Waals surface area contributed by atoms with E-state index in [4.69, 9.17) is 5.73 Å². The molecule has 0 bridgehead atoms. The number of benzene rings is 1. The molecule has 0 aromatic heterocycles. The molecule has 0 radical (unpaired) electrons. The SMILES string of the molecule is Cc1ccccc1CN1CC(N)CC1(C)C. The van der Waals surface area contributed by atoms with Crippen LogP contribution < -0.4 is 5.73 Å². The van der Waals surface area contributed by atoms with Crippen LogP contribution in [0.15, 0.2) is 24.3 Å². The van der Waals surface area contributed by atoms with Gasteiger partial charge in [0.25, 0.3) is 0 Å². The Morgan fingerprint density at radius 3 is 2.62 bits per heavy atom. The van der Waals surface area contributed by atoms with Gasteiger partial charge in [0.05, 0.1) is 0 Å². The first-order chi connectivity index (χ1) is 7.49. The van der Waals surface area contributed by atoms with Gasteiger partial charge in [-0.25, -0.2) is 0 Å². The summed E-state index contributed by atoms with van der Waals surface area (Å²) in [7, 11) is 0. The van der Waals surface area contributed by atoms with Crippen LogP contribution in [0.25, 0.3) is 0 Å². The lowest BCUT2D eigenvalue weighted by Gasteiger charge is -2.31. The zero-order valence-corrected chi connectivity index (χ0v) is 10.5. The lowest BCUT2D eigenvalue weighted by Crippen LogP contribution is -2.37. The minimum atomic E-state index is 0.238. The average Bonchev–Trinajstić information content (AvgIpc) is 2.43. The summed E-state index contributed by atoms with van der Waals surface area (Å²) in [4.78, 5) is 2.50. The third kappa shape index (κ3) is 2.28. The smallest absolute Gasteiger partial charge is 0.0242 e. The number of nitrogens with zero attached hydrogens (tertiary/aromatic N) is 1. The molecule has 1 aliphatic heterocycles. The van der Waals surface area contributed by atoms with Crippen LogP contribution in [0.3, 0.4) is 0 Å². The summed E-state index contributed by atoms with van der Waals surface area (Å²) in [6.07, 6.45) is 1.10. The second kappa shape index (κ2) is 4.19.